The third-order valence-corrected chi connectivity index (χ3v) is 6.86. The summed E-state index contributed by atoms with van der Waals surface area (Å²) in [5.74, 6) is -2.03. The Labute approximate surface area is 218 Å². The first-order valence-corrected chi connectivity index (χ1v) is 13.0. The Balaban J connectivity index is 1.56. The van der Waals surface area contributed by atoms with Crippen LogP contribution in [0.1, 0.15) is 70.1 Å². The summed E-state index contributed by atoms with van der Waals surface area (Å²) in [5, 5.41) is 9.65. The van der Waals surface area contributed by atoms with Crippen molar-refractivity contribution >= 4 is 0 Å². The number of aliphatic hydroxyl groups is 1. The van der Waals surface area contributed by atoms with Gasteiger partial charge in [0.05, 0.1) is 25.4 Å². The van der Waals surface area contributed by atoms with Crippen molar-refractivity contribution in [2.24, 2.45) is 5.92 Å². The molecule has 0 amide bonds. The van der Waals surface area contributed by atoms with Crippen molar-refractivity contribution in [3.05, 3.63) is 95.0 Å². The number of aliphatic hydroxyl groups excluding tert-OH is 1. The van der Waals surface area contributed by atoms with Gasteiger partial charge in [-0.05, 0) is 74.6 Å². The van der Waals surface area contributed by atoms with Gasteiger partial charge in [-0.2, -0.15) is 0 Å². The van der Waals surface area contributed by atoms with Crippen LogP contribution in [0, 0.1) is 17.6 Å². The number of allylic oxidation sites excluding steroid dienone is 4. The van der Waals surface area contributed by atoms with Crippen molar-refractivity contribution in [2.45, 2.75) is 71.7 Å². The number of rotatable bonds is 11. The maximum Gasteiger partial charge on any atom is 0.167 e. The molecular formula is C31H37F3O3. The molecule has 6 heteroatoms. The van der Waals surface area contributed by atoms with Crippen LogP contribution in [0.25, 0.3) is 11.1 Å². The molecular weight excluding hydrogens is 477 g/mol. The molecule has 0 radical (unpaired) electrons. The van der Waals surface area contributed by atoms with Gasteiger partial charge in [0.2, 0.25) is 0 Å². The van der Waals surface area contributed by atoms with E-state index in [9.17, 15) is 18.3 Å². The minimum absolute atomic E-state index is 0.0150. The van der Waals surface area contributed by atoms with Gasteiger partial charge in [0, 0.05) is 11.1 Å². The number of ether oxygens (including phenoxy) is 2. The van der Waals surface area contributed by atoms with Crippen LogP contribution in [0.3, 0.4) is 0 Å². The van der Waals surface area contributed by atoms with Gasteiger partial charge in [0.15, 0.2) is 17.5 Å². The zero-order chi connectivity index (χ0) is 26.9. The van der Waals surface area contributed by atoms with Gasteiger partial charge < -0.3 is 14.6 Å². The van der Waals surface area contributed by atoms with Crippen LogP contribution in [-0.2, 0) is 16.1 Å². The third-order valence-electron chi connectivity index (χ3n) is 6.86. The van der Waals surface area contributed by atoms with E-state index >= 15 is 0 Å². The highest BCUT2D eigenvalue weighted by atomic mass is 19.2. The van der Waals surface area contributed by atoms with E-state index in [4.69, 9.17) is 9.47 Å². The van der Waals surface area contributed by atoms with Gasteiger partial charge in [-0.3, -0.25) is 0 Å². The maximum absolute atomic E-state index is 14.8. The number of hydrogen-bond donors (Lipinski definition) is 1. The van der Waals surface area contributed by atoms with Crippen LogP contribution < -0.4 is 0 Å². The first kappa shape index (κ1) is 28.7. The minimum Gasteiger partial charge on any atom is -0.491 e. The first-order valence-electron chi connectivity index (χ1n) is 13.0. The number of hydrogen-bond acceptors (Lipinski definition) is 3. The molecule has 1 fully saturated rings. The molecule has 3 rings (SSSR count). The summed E-state index contributed by atoms with van der Waals surface area (Å²) in [7, 11) is 0. The molecule has 0 bridgehead atoms. The number of benzene rings is 2. The van der Waals surface area contributed by atoms with Crippen LogP contribution in [0.4, 0.5) is 13.2 Å². The molecule has 1 saturated carbocycles. The minimum atomic E-state index is -0.911. The Hall–Kier alpha value is -2.83. The zero-order valence-corrected chi connectivity index (χ0v) is 21.9. The van der Waals surface area contributed by atoms with Gasteiger partial charge in [0.25, 0.3) is 0 Å². The summed E-state index contributed by atoms with van der Waals surface area (Å²) in [4.78, 5) is 0. The molecule has 1 atom stereocenters. The van der Waals surface area contributed by atoms with E-state index in [2.05, 4.69) is 6.58 Å². The van der Waals surface area contributed by atoms with Crippen LogP contribution in [-0.4, -0.2) is 17.8 Å². The molecule has 0 aromatic heterocycles. The topological polar surface area (TPSA) is 38.7 Å². The molecule has 0 heterocycles. The largest absolute Gasteiger partial charge is 0.491 e. The average Bonchev–Trinajstić information content (AvgIpc) is 2.91. The molecule has 0 saturated heterocycles. The highest BCUT2D eigenvalue weighted by molar-refractivity contribution is 5.65. The lowest BCUT2D eigenvalue weighted by molar-refractivity contribution is 0.00901. The van der Waals surface area contributed by atoms with Crippen LogP contribution in [0.5, 0.6) is 0 Å². The second-order valence-corrected chi connectivity index (χ2v) is 9.54. The van der Waals surface area contributed by atoms with E-state index in [1.165, 1.54) is 6.08 Å². The van der Waals surface area contributed by atoms with E-state index in [0.717, 1.165) is 37.7 Å². The lowest BCUT2D eigenvalue weighted by Gasteiger charge is -2.29. The third kappa shape index (κ3) is 7.59. The van der Waals surface area contributed by atoms with Crippen molar-refractivity contribution < 1.29 is 27.8 Å². The fourth-order valence-electron chi connectivity index (χ4n) is 4.59. The lowest BCUT2D eigenvalue weighted by Crippen LogP contribution is -2.22. The Bertz CT molecular complexity index is 1110. The summed E-state index contributed by atoms with van der Waals surface area (Å²) < 4.78 is 55.3. The molecule has 37 heavy (non-hydrogen) atoms. The summed E-state index contributed by atoms with van der Waals surface area (Å²) in [6.45, 7) is 9.56. The van der Waals surface area contributed by atoms with Crippen LogP contribution >= 0.6 is 0 Å². The SMILES string of the molecule is C=C(OCCC)/C(F)=C\C(=C/C)C1CCC(OCc2ccc(-c3ccc(C(C)O)cc3)c(F)c2F)CC1. The van der Waals surface area contributed by atoms with Crippen molar-refractivity contribution in [3.8, 4) is 11.1 Å². The van der Waals surface area contributed by atoms with Gasteiger partial charge in [-0.1, -0.05) is 56.0 Å². The summed E-state index contributed by atoms with van der Waals surface area (Å²) in [6.07, 6.45) is 6.64. The second kappa shape index (κ2) is 13.6. The van der Waals surface area contributed by atoms with E-state index in [1.54, 1.807) is 43.3 Å². The normalized spacial score (nSPS) is 19.5. The van der Waals surface area contributed by atoms with Gasteiger partial charge in [0.1, 0.15) is 5.76 Å². The molecule has 1 unspecified atom stereocenters. The average molecular weight is 515 g/mol. The second-order valence-electron chi connectivity index (χ2n) is 9.54. The number of halogens is 3. The molecule has 0 spiro atoms. The fourth-order valence-corrected chi connectivity index (χ4v) is 4.59. The van der Waals surface area contributed by atoms with E-state index < -0.39 is 23.6 Å². The smallest absolute Gasteiger partial charge is 0.167 e. The summed E-state index contributed by atoms with van der Waals surface area (Å²) >= 11 is 0. The van der Waals surface area contributed by atoms with E-state index in [1.807, 2.05) is 19.9 Å². The Morgan fingerprint density at radius 3 is 2.35 bits per heavy atom. The van der Waals surface area contributed by atoms with E-state index in [0.29, 0.717) is 17.7 Å². The standard InChI is InChI=1S/C31H37F3O3/c1-5-17-36-21(4)29(32)18-22(6-2)24-11-14-27(15-12-24)37-19-26-13-16-28(31(34)30(26)33)25-9-7-23(8-10-25)20(3)35/h6-10,13,16,18,20,24,27,35H,4-5,11-12,14-15,17,19H2,1-3H3/b22-6+,29-18+. The van der Waals surface area contributed by atoms with Crippen molar-refractivity contribution in [2.75, 3.05) is 6.61 Å². The van der Waals surface area contributed by atoms with Crippen LogP contribution in [0.2, 0.25) is 0 Å². The molecule has 3 nitrogen and oxygen atoms in total. The van der Waals surface area contributed by atoms with Crippen LogP contribution in [0.15, 0.2) is 72.3 Å². The summed E-state index contributed by atoms with van der Waals surface area (Å²) in [6, 6.07) is 9.85. The Morgan fingerprint density at radius 2 is 1.76 bits per heavy atom. The molecule has 0 aliphatic heterocycles. The molecule has 1 aliphatic carbocycles. The maximum atomic E-state index is 14.8. The fraction of sp³-hybridized carbons (Fsp3) is 0.419. The van der Waals surface area contributed by atoms with Crippen molar-refractivity contribution in [1.29, 1.82) is 0 Å². The first-order chi connectivity index (χ1) is 17.7. The highest BCUT2D eigenvalue weighted by Gasteiger charge is 2.25. The Morgan fingerprint density at radius 1 is 1.08 bits per heavy atom. The molecule has 2 aromatic carbocycles. The monoisotopic (exact) mass is 514 g/mol. The quantitative estimate of drug-likeness (QED) is 0.241. The Kier molecular flexibility index (Phi) is 10.6. The zero-order valence-electron chi connectivity index (χ0n) is 21.9. The van der Waals surface area contributed by atoms with Gasteiger partial charge in [-0.25, -0.2) is 13.2 Å². The molecule has 1 N–H and O–H groups in total. The summed E-state index contributed by atoms with van der Waals surface area (Å²) in [5.41, 5.74) is 2.49. The van der Waals surface area contributed by atoms with Crippen molar-refractivity contribution in [3.63, 3.8) is 0 Å². The molecule has 1 aliphatic rings. The predicted molar refractivity (Wildman–Crippen MR) is 141 cm³/mol. The van der Waals surface area contributed by atoms with Gasteiger partial charge >= 0.3 is 0 Å². The molecule has 2 aromatic rings. The highest BCUT2D eigenvalue weighted by Crippen LogP contribution is 2.34. The van der Waals surface area contributed by atoms with E-state index in [-0.39, 0.29) is 35.5 Å². The lowest BCUT2D eigenvalue weighted by atomic mass is 9.82. The van der Waals surface area contributed by atoms with Crippen molar-refractivity contribution in [1.82, 2.24) is 0 Å². The van der Waals surface area contributed by atoms with Gasteiger partial charge in [-0.15, -0.1) is 0 Å². The predicted octanol–water partition coefficient (Wildman–Crippen LogP) is 8.50. The molecule has 200 valence electrons.